The van der Waals surface area contributed by atoms with Crippen molar-refractivity contribution in [3.8, 4) is 11.4 Å². The van der Waals surface area contributed by atoms with Crippen LogP contribution in [0.2, 0.25) is 5.02 Å². The van der Waals surface area contributed by atoms with E-state index in [-0.39, 0.29) is 18.4 Å². The van der Waals surface area contributed by atoms with Gasteiger partial charge in [0.15, 0.2) is 10.8 Å². The zero-order chi connectivity index (χ0) is 23.7. The van der Waals surface area contributed by atoms with Gasteiger partial charge in [0.2, 0.25) is 5.91 Å². The molecular weight excluding hydrogens is 470 g/mol. The average molecular weight is 496 g/mol. The molecule has 4 aromatic rings. The Hall–Kier alpha value is -3.10. The number of hydrogen-bond acceptors (Lipinski definition) is 6. The van der Waals surface area contributed by atoms with Gasteiger partial charge in [0.05, 0.1) is 29.6 Å². The monoisotopic (exact) mass is 495 g/mol. The summed E-state index contributed by atoms with van der Waals surface area (Å²) in [7, 11) is 1.60. The molecule has 0 saturated carbocycles. The molecule has 0 unspecified atom stereocenters. The van der Waals surface area contributed by atoms with Gasteiger partial charge in [-0.2, -0.15) is 10.1 Å². The van der Waals surface area contributed by atoms with Crippen LogP contribution in [0, 0.1) is 6.92 Å². The van der Waals surface area contributed by atoms with E-state index < -0.39 is 0 Å². The number of carbonyl (C=O) groups is 1. The molecule has 5 rings (SSSR count). The van der Waals surface area contributed by atoms with Gasteiger partial charge in [0, 0.05) is 24.2 Å². The SMILES string of the molecule is COc1ccc(CC(=O)NC2CCN(c3nc4c(s3)c(C)nn4-c3ccccc3)CC2)c(Cl)c1. The Morgan fingerprint density at radius 1 is 1.21 bits per heavy atom. The molecule has 1 N–H and O–H groups in total. The first-order valence-electron chi connectivity index (χ1n) is 11.3. The van der Waals surface area contributed by atoms with E-state index >= 15 is 0 Å². The zero-order valence-electron chi connectivity index (χ0n) is 19.1. The summed E-state index contributed by atoms with van der Waals surface area (Å²) in [6.45, 7) is 3.73. The van der Waals surface area contributed by atoms with Gasteiger partial charge in [-0.3, -0.25) is 4.79 Å². The molecular formula is C25H26ClN5O2S. The maximum atomic E-state index is 12.6. The summed E-state index contributed by atoms with van der Waals surface area (Å²) in [6.07, 6.45) is 2.01. The summed E-state index contributed by atoms with van der Waals surface area (Å²) in [5.74, 6) is 0.673. The number of benzene rings is 2. The number of para-hydroxylation sites is 1. The molecule has 0 bridgehead atoms. The number of aryl methyl sites for hydroxylation is 1. The number of nitrogens with one attached hydrogen (secondary N) is 1. The highest BCUT2D eigenvalue weighted by atomic mass is 35.5. The van der Waals surface area contributed by atoms with Crippen LogP contribution in [0.1, 0.15) is 24.1 Å². The van der Waals surface area contributed by atoms with E-state index in [9.17, 15) is 4.79 Å². The molecule has 176 valence electrons. The number of nitrogens with zero attached hydrogens (tertiary/aromatic N) is 4. The number of fused-ring (bicyclic) bond motifs is 1. The fourth-order valence-electron chi connectivity index (χ4n) is 4.27. The molecule has 3 heterocycles. The quantitative estimate of drug-likeness (QED) is 0.417. The molecule has 2 aromatic heterocycles. The lowest BCUT2D eigenvalue weighted by molar-refractivity contribution is -0.121. The third kappa shape index (κ3) is 4.60. The number of hydrogen-bond donors (Lipinski definition) is 1. The summed E-state index contributed by atoms with van der Waals surface area (Å²) in [6, 6.07) is 15.6. The van der Waals surface area contributed by atoms with E-state index in [4.69, 9.17) is 21.3 Å². The number of methoxy groups -OCH3 is 1. The minimum absolute atomic E-state index is 0.0101. The van der Waals surface area contributed by atoms with Gasteiger partial charge in [-0.05, 0) is 49.6 Å². The van der Waals surface area contributed by atoms with Crippen molar-refractivity contribution >= 4 is 44.3 Å². The number of aromatic nitrogens is 3. The standard InChI is InChI=1S/C25H26ClN5O2S/c1-16-23-24(31(29-16)19-6-4-3-5-7-19)28-25(34-23)30-12-10-18(11-13-30)27-22(32)14-17-8-9-20(33-2)15-21(17)26/h3-9,15,18H,10-14H2,1-2H3,(H,27,32). The molecule has 0 spiro atoms. The van der Waals surface area contributed by atoms with Crippen molar-refractivity contribution in [3.63, 3.8) is 0 Å². The van der Waals surface area contributed by atoms with Gasteiger partial charge in [0.1, 0.15) is 5.75 Å². The molecule has 0 radical (unpaired) electrons. The van der Waals surface area contributed by atoms with Crippen molar-refractivity contribution in [3.05, 3.63) is 64.8 Å². The largest absolute Gasteiger partial charge is 0.497 e. The van der Waals surface area contributed by atoms with Crippen molar-refractivity contribution in [1.82, 2.24) is 20.1 Å². The second-order valence-electron chi connectivity index (χ2n) is 8.44. The molecule has 34 heavy (non-hydrogen) atoms. The molecule has 0 atom stereocenters. The summed E-state index contributed by atoms with van der Waals surface area (Å²) in [5.41, 5.74) is 3.70. The number of carbonyl (C=O) groups excluding carboxylic acids is 1. The van der Waals surface area contributed by atoms with E-state index in [2.05, 4.69) is 15.3 Å². The molecule has 1 aliphatic rings. The van der Waals surface area contributed by atoms with Crippen molar-refractivity contribution in [2.75, 3.05) is 25.1 Å². The molecule has 9 heteroatoms. The fourth-order valence-corrected chi connectivity index (χ4v) is 5.55. The van der Waals surface area contributed by atoms with Gasteiger partial charge in [-0.15, -0.1) is 0 Å². The molecule has 0 aliphatic carbocycles. The highest BCUT2D eigenvalue weighted by Crippen LogP contribution is 2.33. The van der Waals surface area contributed by atoms with Crippen molar-refractivity contribution in [1.29, 1.82) is 0 Å². The predicted molar refractivity (Wildman–Crippen MR) is 137 cm³/mol. The van der Waals surface area contributed by atoms with Crippen LogP contribution in [0.25, 0.3) is 16.0 Å². The number of ether oxygens (including phenoxy) is 1. The lowest BCUT2D eigenvalue weighted by Gasteiger charge is -2.32. The molecule has 1 aliphatic heterocycles. The highest BCUT2D eigenvalue weighted by molar-refractivity contribution is 7.22. The van der Waals surface area contributed by atoms with Gasteiger partial charge in [0.25, 0.3) is 0 Å². The van der Waals surface area contributed by atoms with Crippen LogP contribution in [0.5, 0.6) is 5.75 Å². The normalized spacial score (nSPS) is 14.5. The first-order valence-corrected chi connectivity index (χ1v) is 12.5. The second-order valence-corrected chi connectivity index (χ2v) is 9.83. The zero-order valence-corrected chi connectivity index (χ0v) is 20.7. The molecule has 1 fully saturated rings. The maximum absolute atomic E-state index is 12.6. The number of amides is 1. The van der Waals surface area contributed by atoms with Crippen LogP contribution >= 0.6 is 22.9 Å². The Bertz CT molecular complexity index is 1310. The predicted octanol–water partition coefficient (Wildman–Crippen LogP) is 4.78. The maximum Gasteiger partial charge on any atom is 0.224 e. The van der Waals surface area contributed by atoms with Crippen molar-refractivity contribution in [2.24, 2.45) is 0 Å². The summed E-state index contributed by atoms with van der Waals surface area (Å²) in [5, 5.41) is 9.41. The van der Waals surface area contributed by atoms with Crippen molar-refractivity contribution in [2.45, 2.75) is 32.2 Å². The smallest absolute Gasteiger partial charge is 0.224 e. The number of halogens is 1. The van der Waals surface area contributed by atoms with Crippen molar-refractivity contribution < 1.29 is 9.53 Å². The third-order valence-corrected chi connectivity index (χ3v) is 7.69. The summed E-state index contributed by atoms with van der Waals surface area (Å²) < 4.78 is 8.21. The minimum Gasteiger partial charge on any atom is -0.497 e. The van der Waals surface area contributed by atoms with Crippen LogP contribution in [-0.4, -0.2) is 46.9 Å². The summed E-state index contributed by atoms with van der Waals surface area (Å²) >= 11 is 7.98. The average Bonchev–Trinajstić information content (AvgIpc) is 3.42. The highest BCUT2D eigenvalue weighted by Gasteiger charge is 2.25. The van der Waals surface area contributed by atoms with Gasteiger partial charge < -0.3 is 15.0 Å². The molecule has 1 saturated heterocycles. The van der Waals surface area contributed by atoms with Gasteiger partial charge in [-0.1, -0.05) is 47.2 Å². The number of piperidine rings is 1. The topological polar surface area (TPSA) is 72.3 Å². The van der Waals surface area contributed by atoms with Gasteiger partial charge in [-0.25, -0.2) is 4.68 Å². The van der Waals surface area contributed by atoms with E-state index in [1.54, 1.807) is 24.5 Å². The molecule has 7 nitrogen and oxygen atoms in total. The number of thiazole rings is 1. The molecule has 2 aromatic carbocycles. The third-order valence-electron chi connectivity index (χ3n) is 6.12. The number of anilines is 1. The lowest BCUT2D eigenvalue weighted by atomic mass is 10.0. The Balaban J connectivity index is 1.21. The van der Waals surface area contributed by atoms with Crippen LogP contribution < -0.4 is 15.0 Å². The summed E-state index contributed by atoms with van der Waals surface area (Å²) in [4.78, 5) is 19.8. The first-order chi connectivity index (χ1) is 16.5. The Kier molecular flexibility index (Phi) is 6.43. The minimum atomic E-state index is -0.0101. The Labute approximate surface area is 207 Å². The van der Waals surface area contributed by atoms with Crippen LogP contribution in [0.15, 0.2) is 48.5 Å². The molecule has 1 amide bonds. The second kappa shape index (κ2) is 9.64. The lowest BCUT2D eigenvalue weighted by Crippen LogP contribution is -2.45. The Morgan fingerprint density at radius 3 is 2.68 bits per heavy atom. The van der Waals surface area contributed by atoms with Crippen LogP contribution in [0.4, 0.5) is 5.13 Å². The van der Waals surface area contributed by atoms with E-state index in [1.807, 2.05) is 54.1 Å². The van der Waals surface area contributed by atoms with E-state index in [1.165, 1.54) is 0 Å². The number of rotatable bonds is 6. The van der Waals surface area contributed by atoms with Gasteiger partial charge >= 0.3 is 0 Å². The van der Waals surface area contributed by atoms with Crippen LogP contribution in [-0.2, 0) is 11.2 Å². The fraction of sp³-hybridized carbons (Fsp3) is 0.320. The van der Waals surface area contributed by atoms with Crippen LogP contribution in [0.3, 0.4) is 0 Å². The van der Waals surface area contributed by atoms with E-state index in [0.29, 0.717) is 10.8 Å². The Morgan fingerprint density at radius 2 is 1.97 bits per heavy atom. The first kappa shape index (κ1) is 22.7. The van der Waals surface area contributed by atoms with E-state index in [0.717, 1.165) is 58.4 Å².